The zero-order valence-corrected chi connectivity index (χ0v) is 19.6. The molecule has 1 amide bonds. The van der Waals surface area contributed by atoms with E-state index in [0.717, 1.165) is 24.2 Å². The highest BCUT2D eigenvalue weighted by atomic mass is 16.5. The Balaban J connectivity index is 1.30. The van der Waals surface area contributed by atoms with Gasteiger partial charge in [-0.25, -0.2) is 4.98 Å². The lowest BCUT2D eigenvalue weighted by atomic mass is 9.88. The van der Waals surface area contributed by atoms with Crippen molar-refractivity contribution in [3.05, 3.63) is 84.3 Å². The number of hydrogen-bond donors (Lipinski definition) is 2. The van der Waals surface area contributed by atoms with Crippen LogP contribution < -0.4 is 10.1 Å². The number of hydrogen-bond acceptors (Lipinski definition) is 5. The number of rotatable bonds is 8. The lowest BCUT2D eigenvalue weighted by molar-refractivity contribution is -0.124. The van der Waals surface area contributed by atoms with E-state index < -0.39 is 5.91 Å². The van der Waals surface area contributed by atoms with E-state index in [2.05, 4.69) is 12.2 Å². The maximum absolute atomic E-state index is 12.5. The third kappa shape index (κ3) is 4.89. The number of carbonyl (C=O) groups is 2. The monoisotopic (exact) mass is 469 g/mol. The number of para-hydroxylation sites is 1. The summed E-state index contributed by atoms with van der Waals surface area (Å²) in [5.41, 5.74) is 2.42. The number of fused-ring (bicyclic) bond motifs is 1. The molecule has 1 saturated carbocycles. The molecule has 2 unspecified atom stereocenters. The van der Waals surface area contributed by atoms with Gasteiger partial charge in [0, 0.05) is 35.7 Å². The number of aromatic nitrogens is 2. The van der Waals surface area contributed by atoms with E-state index in [-0.39, 0.29) is 29.1 Å². The number of nitrogens with one attached hydrogen (secondary N) is 1. The van der Waals surface area contributed by atoms with Gasteiger partial charge in [0.05, 0.1) is 17.5 Å². The van der Waals surface area contributed by atoms with Crippen molar-refractivity contribution in [2.24, 2.45) is 11.8 Å². The average molecular weight is 470 g/mol. The van der Waals surface area contributed by atoms with Crippen molar-refractivity contribution >= 4 is 23.0 Å². The molecule has 0 saturated heterocycles. The van der Waals surface area contributed by atoms with Crippen LogP contribution in [0.1, 0.15) is 48.7 Å². The van der Waals surface area contributed by atoms with Gasteiger partial charge in [-0.2, -0.15) is 0 Å². The number of aromatic hydroxyl groups is 1. The summed E-state index contributed by atoms with van der Waals surface area (Å²) < 4.78 is 7.93. The zero-order chi connectivity index (χ0) is 24.5. The molecule has 2 N–H and O–H groups in total. The Labute approximate surface area is 203 Å². The average Bonchev–Trinajstić information content (AvgIpc) is 3.62. The normalized spacial score (nSPS) is 14.9. The highest BCUT2D eigenvalue weighted by Crippen LogP contribution is 2.37. The van der Waals surface area contributed by atoms with Crippen LogP contribution >= 0.6 is 0 Å². The Morgan fingerprint density at radius 3 is 2.60 bits per heavy atom. The van der Waals surface area contributed by atoms with Crippen molar-refractivity contribution in [2.45, 2.75) is 32.6 Å². The first-order valence-electron chi connectivity index (χ1n) is 11.8. The largest absolute Gasteiger partial charge is 0.507 e. The van der Waals surface area contributed by atoms with Gasteiger partial charge in [0.25, 0.3) is 5.91 Å². The summed E-state index contributed by atoms with van der Waals surface area (Å²) >= 11 is 0. The van der Waals surface area contributed by atoms with Gasteiger partial charge in [0.1, 0.15) is 28.7 Å². The Bertz CT molecular complexity index is 1410. The quantitative estimate of drug-likeness (QED) is 0.340. The number of carbonyl (C=O) groups excluding carboxylic acids is 2. The molecule has 1 aliphatic rings. The first-order chi connectivity index (χ1) is 16.9. The third-order valence-electron chi connectivity index (χ3n) is 6.56. The van der Waals surface area contributed by atoms with Crippen LogP contribution in [0.2, 0.25) is 0 Å². The number of phenols is 1. The van der Waals surface area contributed by atoms with E-state index in [4.69, 9.17) is 9.72 Å². The van der Waals surface area contributed by atoms with Crippen molar-refractivity contribution in [1.29, 1.82) is 0 Å². The number of anilines is 1. The SMILES string of the molecule is CC(C(=O)C1CC1)C(C)c1cn2cc(Oc3cccc(NC(=O)c4ccccc4O)c3)ccc2n1. The van der Waals surface area contributed by atoms with Crippen LogP contribution in [0, 0.1) is 11.8 Å². The van der Waals surface area contributed by atoms with Crippen molar-refractivity contribution in [3.63, 3.8) is 0 Å². The predicted molar refractivity (Wildman–Crippen MR) is 133 cm³/mol. The summed E-state index contributed by atoms with van der Waals surface area (Å²) in [6.07, 6.45) is 5.83. The molecule has 7 nitrogen and oxygen atoms in total. The second kappa shape index (κ2) is 9.25. The van der Waals surface area contributed by atoms with E-state index in [9.17, 15) is 14.7 Å². The minimum atomic E-state index is -0.406. The summed E-state index contributed by atoms with van der Waals surface area (Å²) in [6, 6.07) is 17.1. The first kappa shape index (κ1) is 22.7. The molecular weight excluding hydrogens is 442 g/mol. The molecule has 178 valence electrons. The van der Waals surface area contributed by atoms with Gasteiger partial charge in [-0.05, 0) is 49.2 Å². The molecule has 0 aliphatic heterocycles. The zero-order valence-electron chi connectivity index (χ0n) is 19.6. The molecule has 1 aliphatic carbocycles. The number of phenolic OH excluding ortho intramolecular Hbond substituents is 1. The highest BCUT2D eigenvalue weighted by molar-refractivity contribution is 6.06. The third-order valence-corrected chi connectivity index (χ3v) is 6.56. The van der Waals surface area contributed by atoms with E-state index >= 15 is 0 Å². The lowest BCUT2D eigenvalue weighted by Crippen LogP contribution is -2.19. The lowest BCUT2D eigenvalue weighted by Gasteiger charge is -2.16. The van der Waals surface area contributed by atoms with E-state index in [1.165, 1.54) is 6.07 Å². The second-order valence-corrected chi connectivity index (χ2v) is 9.15. The number of nitrogens with zero attached hydrogens (tertiary/aromatic N) is 2. The molecule has 35 heavy (non-hydrogen) atoms. The minimum absolute atomic E-state index is 0.0386. The maximum atomic E-state index is 12.5. The van der Waals surface area contributed by atoms with Crippen LogP contribution in [0.25, 0.3) is 5.65 Å². The van der Waals surface area contributed by atoms with Gasteiger partial charge >= 0.3 is 0 Å². The number of ketones is 1. The van der Waals surface area contributed by atoms with Crippen LogP contribution in [0.15, 0.2) is 73.1 Å². The Morgan fingerprint density at radius 2 is 1.83 bits per heavy atom. The molecule has 5 rings (SSSR count). The summed E-state index contributed by atoms with van der Waals surface area (Å²) in [7, 11) is 0. The molecule has 2 aromatic heterocycles. The number of Topliss-reactive ketones (excluding diaryl/α,β-unsaturated/α-hetero) is 1. The summed E-state index contributed by atoms with van der Waals surface area (Å²) in [5.74, 6) is 1.24. The first-order valence-corrected chi connectivity index (χ1v) is 11.8. The molecule has 7 heteroatoms. The number of amides is 1. The molecule has 0 bridgehead atoms. The molecule has 4 aromatic rings. The van der Waals surface area contributed by atoms with Crippen molar-refractivity contribution in [2.75, 3.05) is 5.32 Å². The Kier molecular flexibility index (Phi) is 5.99. The fourth-order valence-electron chi connectivity index (χ4n) is 4.15. The fraction of sp³-hybridized carbons (Fsp3) is 0.250. The standard InChI is InChI=1S/C28H27N3O4/c1-17(18(2)27(33)19-10-11-19)24-16-31-15-22(12-13-26(31)30-24)35-21-7-5-6-20(14-21)29-28(34)23-8-3-4-9-25(23)32/h3-9,12-19,32H,10-11H2,1-2H3,(H,29,34). The summed E-state index contributed by atoms with van der Waals surface area (Å²) in [6.45, 7) is 4.05. The molecule has 0 spiro atoms. The van der Waals surface area contributed by atoms with Gasteiger partial charge < -0.3 is 19.6 Å². The fourth-order valence-corrected chi connectivity index (χ4v) is 4.15. The van der Waals surface area contributed by atoms with E-state index in [1.54, 1.807) is 42.5 Å². The van der Waals surface area contributed by atoms with Crippen molar-refractivity contribution in [1.82, 2.24) is 9.38 Å². The summed E-state index contributed by atoms with van der Waals surface area (Å²) in [4.78, 5) is 29.7. The van der Waals surface area contributed by atoms with E-state index in [1.807, 2.05) is 35.9 Å². The highest BCUT2D eigenvalue weighted by Gasteiger charge is 2.35. The van der Waals surface area contributed by atoms with Gasteiger partial charge in [-0.15, -0.1) is 0 Å². The van der Waals surface area contributed by atoms with Gasteiger partial charge in [-0.3, -0.25) is 9.59 Å². The predicted octanol–water partition coefficient (Wildman–Crippen LogP) is 5.80. The number of pyridine rings is 1. The summed E-state index contributed by atoms with van der Waals surface area (Å²) in [5, 5.41) is 12.7. The van der Waals surface area contributed by atoms with Gasteiger partial charge in [-0.1, -0.05) is 32.0 Å². The smallest absolute Gasteiger partial charge is 0.259 e. The molecule has 2 aromatic carbocycles. The minimum Gasteiger partial charge on any atom is -0.507 e. The van der Waals surface area contributed by atoms with Crippen LogP contribution in [-0.4, -0.2) is 26.2 Å². The molecule has 2 heterocycles. The molecule has 1 fully saturated rings. The van der Waals surface area contributed by atoms with E-state index in [0.29, 0.717) is 23.0 Å². The van der Waals surface area contributed by atoms with Crippen LogP contribution in [0.5, 0.6) is 17.2 Å². The molecule has 2 atom stereocenters. The Morgan fingerprint density at radius 1 is 1.03 bits per heavy atom. The second-order valence-electron chi connectivity index (χ2n) is 9.15. The number of ether oxygens (including phenoxy) is 1. The van der Waals surface area contributed by atoms with Crippen molar-refractivity contribution < 1.29 is 19.4 Å². The number of benzene rings is 2. The topological polar surface area (TPSA) is 92.9 Å². The Hall–Kier alpha value is -4.13. The van der Waals surface area contributed by atoms with Gasteiger partial charge in [0.2, 0.25) is 0 Å². The van der Waals surface area contributed by atoms with Crippen LogP contribution in [0.3, 0.4) is 0 Å². The number of imidazole rings is 1. The molecular formula is C28H27N3O4. The van der Waals surface area contributed by atoms with Crippen molar-refractivity contribution in [3.8, 4) is 17.2 Å². The maximum Gasteiger partial charge on any atom is 0.259 e. The molecule has 0 radical (unpaired) electrons. The van der Waals surface area contributed by atoms with Gasteiger partial charge in [0.15, 0.2) is 0 Å². The van der Waals surface area contributed by atoms with Crippen LogP contribution in [-0.2, 0) is 4.79 Å². The van der Waals surface area contributed by atoms with Crippen LogP contribution in [0.4, 0.5) is 5.69 Å².